The second kappa shape index (κ2) is 10.2. The van der Waals surface area contributed by atoms with Gasteiger partial charge >= 0.3 is 0 Å². The Kier molecular flexibility index (Phi) is 7.35. The second-order valence-corrected chi connectivity index (χ2v) is 7.89. The van der Waals surface area contributed by atoms with Crippen LogP contribution in [0.4, 0.5) is 11.4 Å². The molecule has 0 saturated carbocycles. The quantitative estimate of drug-likeness (QED) is 0.364. The summed E-state index contributed by atoms with van der Waals surface area (Å²) >= 11 is 0. The van der Waals surface area contributed by atoms with E-state index in [1.54, 1.807) is 0 Å². The maximum atomic E-state index is 5.14. The first kappa shape index (κ1) is 21.7. The van der Waals surface area contributed by atoms with E-state index in [4.69, 9.17) is 9.98 Å². The summed E-state index contributed by atoms with van der Waals surface area (Å²) in [7, 11) is 0. The summed E-state index contributed by atoms with van der Waals surface area (Å²) in [6.07, 6.45) is 2.68. The van der Waals surface area contributed by atoms with E-state index in [-0.39, 0.29) is 0 Å². The zero-order valence-electron chi connectivity index (χ0n) is 18.9. The molecule has 0 fully saturated rings. The van der Waals surface area contributed by atoms with E-state index in [1.165, 1.54) is 27.8 Å². The van der Waals surface area contributed by atoms with Crippen LogP contribution in [-0.2, 0) is 6.42 Å². The number of benzene rings is 3. The summed E-state index contributed by atoms with van der Waals surface area (Å²) in [5.74, 6) is 0. The van der Waals surface area contributed by atoms with Gasteiger partial charge in [-0.2, -0.15) is 0 Å². The monoisotopic (exact) mass is 396 g/mol. The summed E-state index contributed by atoms with van der Waals surface area (Å²) < 4.78 is 0. The molecule has 0 bridgehead atoms. The lowest BCUT2D eigenvalue weighted by molar-refractivity contribution is 1.04. The molecule has 0 heterocycles. The normalized spacial score (nSPS) is 12.3. The highest BCUT2D eigenvalue weighted by Crippen LogP contribution is 2.25. The van der Waals surface area contributed by atoms with Crippen molar-refractivity contribution in [2.45, 2.75) is 53.9 Å². The van der Waals surface area contributed by atoms with Gasteiger partial charge in [0, 0.05) is 0 Å². The first-order valence-corrected chi connectivity index (χ1v) is 10.8. The van der Waals surface area contributed by atoms with Gasteiger partial charge in [0.25, 0.3) is 0 Å². The van der Waals surface area contributed by atoms with Crippen molar-refractivity contribution < 1.29 is 0 Å². The zero-order chi connectivity index (χ0) is 21.5. The summed E-state index contributed by atoms with van der Waals surface area (Å²) in [6.45, 7) is 10.7. The Morgan fingerprint density at radius 2 is 1.17 bits per heavy atom. The molecule has 0 saturated heterocycles. The predicted octanol–water partition coefficient (Wildman–Crippen LogP) is 7.81. The van der Waals surface area contributed by atoms with Crippen LogP contribution in [0.2, 0.25) is 0 Å². The van der Waals surface area contributed by atoms with E-state index in [9.17, 15) is 0 Å². The van der Waals surface area contributed by atoms with Crippen LogP contribution in [0.15, 0.2) is 76.7 Å². The number of nitrogens with zero attached hydrogens (tertiary/aromatic N) is 2. The standard InChI is InChI=1S/C28H32N2/c1-6-25(29-26-16-10-12-20(2)22(26)4)28(19-18-24-14-8-7-9-15-24)30-27-17-11-13-21(3)23(27)5/h7-17H,6,18-19H2,1-5H3. The van der Waals surface area contributed by atoms with E-state index < -0.39 is 0 Å². The topological polar surface area (TPSA) is 24.7 Å². The molecule has 0 aliphatic carbocycles. The van der Waals surface area contributed by atoms with E-state index in [2.05, 4.69) is 101 Å². The zero-order valence-corrected chi connectivity index (χ0v) is 18.9. The molecule has 2 nitrogen and oxygen atoms in total. The third-order valence-corrected chi connectivity index (χ3v) is 5.82. The molecular formula is C28H32N2. The minimum Gasteiger partial charge on any atom is -0.251 e. The number of aryl methyl sites for hydroxylation is 3. The van der Waals surface area contributed by atoms with Gasteiger partial charge in [0.2, 0.25) is 0 Å². The fourth-order valence-corrected chi connectivity index (χ4v) is 3.52. The molecule has 3 aromatic carbocycles. The van der Waals surface area contributed by atoms with Gasteiger partial charge in [-0.15, -0.1) is 0 Å². The number of hydrogen-bond donors (Lipinski definition) is 0. The fourth-order valence-electron chi connectivity index (χ4n) is 3.52. The van der Waals surface area contributed by atoms with Gasteiger partial charge in [-0.1, -0.05) is 61.5 Å². The van der Waals surface area contributed by atoms with Gasteiger partial charge in [-0.25, -0.2) is 0 Å². The molecule has 0 aromatic heterocycles. The lowest BCUT2D eigenvalue weighted by Gasteiger charge is -2.13. The Morgan fingerprint density at radius 3 is 1.70 bits per heavy atom. The third-order valence-electron chi connectivity index (χ3n) is 5.82. The van der Waals surface area contributed by atoms with Crippen molar-refractivity contribution in [2.75, 3.05) is 0 Å². The highest BCUT2D eigenvalue weighted by atomic mass is 14.8. The van der Waals surface area contributed by atoms with E-state index in [0.717, 1.165) is 42.1 Å². The Morgan fingerprint density at radius 1 is 0.633 bits per heavy atom. The van der Waals surface area contributed by atoms with Gasteiger partial charge in [-0.05, 0) is 86.9 Å². The molecule has 0 unspecified atom stereocenters. The largest absolute Gasteiger partial charge is 0.251 e. The first-order chi connectivity index (χ1) is 14.5. The third kappa shape index (κ3) is 5.33. The summed E-state index contributed by atoms with van der Waals surface area (Å²) in [4.78, 5) is 10.2. The van der Waals surface area contributed by atoms with Crippen LogP contribution >= 0.6 is 0 Å². The molecule has 3 aromatic rings. The molecule has 154 valence electrons. The molecule has 3 rings (SSSR count). The van der Waals surface area contributed by atoms with Crippen LogP contribution < -0.4 is 0 Å². The van der Waals surface area contributed by atoms with Crippen molar-refractivity contribution >= 4 is 22.8 Å². The Balaban J connectivity index is 2.04. The van der Waals surface area contributed by atoms with Crippen LogP contribution in [0.3, 0.4) is 0 Å². The first-order valence-electron chi connectivity index (χ1n) is 10.8. The lowest BCUT2D eigenvalue weighted by atomic mass is 10.0. The van der Waals surface area contributed by atoms with Crippen molar-refractivity contribution in [3.63, 3.8) is 0 Å². The number of aliphatic imine (C=N–C) groups is 2. The molecule has 0 radical (unpaired) electrons. The molecule has 30 heavy (non-hydrogen) atoms. The molecule has 0 amide bonds. The van der Waals surface area contributed by atoms with Crippen LogP contribution in [-0.4, -0.2) is 11.4 Å². The van der Waals surface area contributed by atoms with Crippen molar-refractivity contribution in [1.29, 1.82) is 0 Å². The van der Waals surface area contributed by atoms with Gasteiger partial charge in [0.1, 0.15) is 0 Å². The van der Waals surface area contributed by atoms with Crippen molar-refractivity contribution in [3.05, 3.63) is 94.5 Å². The Bertz CT molecular complexity index is 1060. The molecule has 0 N–H and O–H groups in total. The minimum atomic E-state index is 0.853. The van der Waals surface area contributed by atoms with Gasteiger partial charge < -0.3 is 0 Å². The van der Waals surface area contributed by atoms with Crippen LogP contribution in [0.25, 0.3) is 0 Å². The molecule has 0 aliphatic heterocycles. The number of hydrogen-bond acceptors (Lipinski definition) is 2. The SMILES string of the molecule is CCC(=Nc1cccc(C)c1C)C(CCc1ccccc1)=Nc1cccc(C)c1C. The van der Waals surface area contributed by atoms with Gasteiger partial charge in [0.05, 0.1) is 22.8 Å². The van der Waals surface area contributed by atoms with E-state index in [0.29, 0.717) is 0 Å². The lowest BCUT2D eigenvalue weighted by Crippen LogP contribution is -2.14. The summed E-state index contributed by atoms with van der Waals surface area (Å²) in [5.41, 5.74) is 10.6. The Labute approximate surface area is 181 Å². The van der Waals surface area contributed by atoms with Crippen LogP contribution in [0, 0.1) is 27.7 Å². The maximum absolute atomic E-state index is 5.14. The maximum Gasteiger partial charge on any atom is 0.0665 e. The van der Waals surface area contributed by atoms with E-state index in [1.807, 2.05) is 0 Å². The molecule has 0 aliphatic rings. The average Bonchev–Trinajstić information content (AvgIpc) is 2.76. The van der Waals surface area contributed by atoms with Crippen LogP contribution in [0.5, 0.6) is 0 Å². The van der Waals surface area contributed by atoms with E-state index >= 15 is 0 Å². The summed E-state index contributed by atoms with van der Waals surface area (Å²) in [6, 6.07) is 23.3. The van der Waals surface area contributed by atoms with Gasteiger partial charge in [0.15, 0.2) is 0 Å². The minimum absolute atomic E-state index is 0.853. The summed E-state index contributed by atoms with van der Waals surface area (Å²) in [5, 5.41) is 0. The average molecular weight is 397 g/mol. The highest BCUT2D eigenvalue weighted by Gasteiger charge is 2.11. The van der Waals surface area contributed by atoms with Gasteiger partial charge in [-0.3, -0.25) is 9.98 Å². The molecule has 0 atom stereocenters. The molecular weight excluding hydrogens is 364 g/mol. The fraction of sp³-hybridized carbons (Fsp3) is 0.286. The molecule has 0 spiro atoms. The van der Waals surface area contributed by atoms with Crippen LogP contribution in [0.1, 0.15) is 47.6 Å². The smallest absolute Gasteiger partial charge is 0.0665 e. The Hall–Kier alpha value is -3.00. The molecule has 2 heteroatoms. The second-order valence-electron chi connectivity index (χ2n) is 7.89. The van der Waals surface area contributed by atoms with Crippen molar-refractivity contribution in [3.8, 4) is 0 Å². The predicted molar refractivity (Wildman–Crippen MR) is 131 cm³/mol. The van der Waals surface area contributed by atoms with Crippen molar-refractivity contribution in [2.24, 2.45) is 9.98 Å². The highest BCUT2D eigenvalue weighted by molar-refractivity contribution is 6.43. The number of rotatable bonds is 7. The van der Waals surface area contributed by atoms with Crippen molar-refractivity contribution in [1.82, 2.24) is 0 Å².